The lowest BCUT2D eigenvalue weighted by atomic mass is 10.1. The van der Waals surface area contributed by atoms with Crippen molar-refractivity contribution in [3.63, 3.8) is 0 Å². The number of para-hydroxylation sites is 1. The fourth-order valence-corrected chi connectivity index (χ4v) is 3.37. The lowest BCUT2D eigenvalue weighted by Gasteiger charge is -2.35. The first-order valence-electron chi connectivity index (χ1n) is 9.06. The van der Waals surface area contributed by atoms with Gasteiger partial charge in [-0.05, 0) is 49.2 Å². The molecular formula is C21H25FN2O2. The largest absolute Gasteiger partial charge is 0.496 e. The molecule has 1 aliphatic rings. The molecule has 26 heavy (non-hydrogen) atoms. The Bertz CT molecular complexity index is 742. The van der Waals surface area contributed by atoms with Gasteiger partial charge < -0.3 is 9.64 Å². The number of ether oxygens (including phenoxy) is 1. The Morgan fingerprint density at radius 2 is 1.85 bits per heavy atom. The zero-order valence-electron chi connectivity index (χ0n) is 15.2. The molecule has 138 valence electrons. The van der Waals surface area contributed by atoms with Gasteiger partial charge in [0.1, 0.15) is 11.6 Å². The fraction of sp³-hybridized carbons (Fsp3) is 0.381. The Hall–Kier alpha value is -2.40. The summed E-state index contributed by atoms with van der Waals surface area (Å²) in [5, 5.41) is 0. The van der Waals surface area contributed by atoms with E-state index in [4.69, 9.17) is 4.74 Å². The number of halogens is 1. The second-order valence-electron chi connectivity index (χ2n) is 6.57. The van der Waals surface area contributed by atoms with Gasteiger partial charge >= 0.3 is 0 Å². The highest BCUT2D eigenvalue weighted by molar-refractivity contribution is 5.97. The van der Waals surface area contributed by atoms with Crippen LogP contribution in [0.15, 0.2) is 48.5 Å². The van der Waals surface area contributed by atoms with Crippen LogP contribution in [0.1, 0.15) is 22.3 Å². The van der Waals surface area contributed by atoms with E-state index in [2.05, 4.69) is 4.90 Å². The van der Waals surface area contributed by atoms with Crippen LogP contribution in [0.5, 0.6) is 5.75 Å². The predicted octanol–water partition coefficient (Wildman–Crippen LogP) is 3.22. The second kappa shape index (κ2) is 8.81. The molecule has 0 atom stereocenters. The normalized spacial score (nSPS) is 15.1. The number of piperazine rings is 1. The Morgan fingerprint density at radius 1 is 1.08 bits per heavy atom. The van der Waals surface area contributed by atoms with Crippen LogP contribution in [0.3, 0.4) is 0 Å². The summed E-state index contributed by atoms with van der Waals surface area (Å²) in [6.45, 7) is 4.13. The number of hydrogen-bond acceptors (Lipinski definition) is 3. The van der Waals surface area contributed by atoms with E-state index in [0.29, 0.717) is 11.3 Å². The van der Waals surface area contributed by atoms with Gasteiger partial charge in [0, 0.05) is 26.2 Å². The number of methoxy groups -OCH3 is 1. The first kappa shape index (κ1) is 18.4. The molecule has 4 nitrogen and oxygen atoms in total. The van der Waals surface area contributed by atoms with Crippen molar-refractivity contribution in [3.8, 4) is 5.75 Å². The van der Waals surface area contributed by atoms with E-state index >= 15 is 0 Å². The van der Waals surface area contributed by atoms with Crippen molar-refractivity contribution in [2.24, 2.45) is 0 Å². The van der Waals surface area contributed by atoms with Gasteiger partial charge in [0.15, 0.2) is 0 Å². The molecule has 1 amide bonds. The molecule has 0 bridgehead atoms. The van der Waals surface area contributed by atoms with Gasteiger partial charge in [-0.15, -0.1) is 0 Å². The summed E-state index contributed by atoms with van der Waals surface area (Å²) < 4.78 is 18.5. The minimum Gasteiger partial charge on any atom is -0.496 e. The van der Waals surface area contributed by atoms with Gasteiger partial charge in [0.05, 0.1) is 12.7 Å². The van der Waals surface area contributed by atoms with Gasteiger partial charge in [0.2, 0.25) is 0 Å². The molecular weight excluding hydrogens is 331 g/mol. The minimum atomic E-state index is -0.175. The van der Waals surface area contributed by atoms with Crippen molar-refractivity contribution in [2.45, 2.75) is 12.8 Å². The maximum Gasteiger partial charge on any atom is 0.257 e. The van der Waals surface area contributed by atoms with Crippen LogP contribution >= 0.6 is 0 Å². The smallest absolute Gasteiger partial charge is 0.257 e. The summed E-state index contributed by atoms with van der Waals surface area (Å²) in [7, 11) is 1.59. The molecule has 0 spiro atoms. The average Bonchev–Trinajstić information content (AvgIpc) is 2.68. The SMILES string of the molecule is COc1ccccc1C(=O)N1CCN(CCCc2cccc(F)c2)CC1. The highest BCUT2D eigenvalue weighted by Gasteiger charge is 2.23. The molecule has 1 fully saturated rings. The van der Waals surface area contributed by atoms with Crippen molar-refractivity contribution in [1.29, 1.82) is 0 Å². The van der Waals surface area contributed by atoms with Crippen LogP contribution in [-0.2, 0) is 6.42 Å². The highest BCUT2D eigenvalue weighted by atomic mass is 19.1. The van der Waals surface area contributed by atoms with E-state index in [1.807, 2.05) is 35.2 Å². The van der Waals surface area contributed by atoms with Crippen LogP contribution in [0.25, 0.3) is 0 Å². The third kappa shape index (κ3) is 4.61. The average molecular weight is 356 g/mol. The Kier molecular flexibility index (Phi) is 6.23. The van der Waals surface area contributed by atoms with Crippen LogP contribution in [0.2, 0.25) is 0 Å². The lowest BCUT2D eigenvalue weighted by Crippen LogP contribution is -2.48. The maximum absolute atomic E-state index is 13.2. The number of benzene rings is 2. The molecule has 3 rings (SSSR count). The highest BCUT2D eigenvalue weighted by Crippen LogP contribution is 2.20. The summed E-state index contributed by atoms with van der Waals surface area (Å²) in [6, 6.07) is 14.2. The van der Waals surface area contributed by atoms with E-state index < -0.39 is 0 Å². The van der Waals surface area contributed by atoms with Gasteiger partial charge in [-0.3, -0.25) is 9.69 Å². The fourth-order valence-electron chi connectivity index (χ4n) is 3.37. The Labute approximate surface area is 154 Å². The zero-order chi connectivity index (χ0) is 18.4. The van der Waals surface area contributed by atoms with Crippen molar-refractivity contribution < 1.29 is 13.9 Å². The van der Waals surface area contributed by atoms with Gasteiger partial charge in [-0.25, -0.2) is 4.39 Å². The molecule has 0 radical (unpaired) electrons. The van der Waals surface area contributed by atoms with E-state index in [-0.39, 0.29) is 11.7 Å². The third-order valence-electron chi connectivity index (χ3n) is 4.83. The monoisotopic (exact) mass is 356 g/mol. The molecule has 0 unspecified atom stereocenters. The number of carbonyl (C=O) groups is 1. The maximum atomic E-state index is 13.2. The summed E-state index contributed by atoms with van der Waals surface area (Å²) in [5.41, 5.74) is 1.66. The van der Waals surface area contributed by atoms with E-state index in [0.717, 1.165) is 51.1 Å². The van der Waals surface area contributed by atoms with E-state index in [1.165, 1.54) is 6.07 Å². The van der Waals surface area contributed by atoms with E-state index in [9.17, 15) is 9.18 Å². The molecule has 0 aromatic heterocycles. The van der Waals surface area contributed by atoms with Crippen LogP contribution in [0, 0.1) is 5.82 Å². The number of hydrogen-bond donors (Lipinski definition) is 0. The number of nitrogens with zero attached hydrogens (tertiary/aromatic N) is 2. The van der Waals surface area contributed by atoms with Crippen molar-refractivity contribution in [3.05, 3.63) is 65.5 Å². The summed E-state index contributed by atoms with van der Waals surface area (Å²) in [5.74, 6) is 0.475. The first-order chi connectivity index (χ1) is 12.7. The number of aryl methyl sites for hydroxylation is 1. The molecule has 1 saturated heterocycles. The molecule has 0 N–H and O–H groups in total. The Balaban J connectivity index is 1.46. The zero-order valence-corrected chi connectivity index (χ0v) is 15.2. The molecule has 2 aromatic rings. The van der Waals surface area contributed by atoms with Gasteiger partial charge in [-0.1, -0.05) is 24.3 Å². The van der Waals surface area contributed by atoms with Gasteiger partial charge in [-0.2, -0.15) is 0 Å². The van der Waals surface area contributed by atoms with Crippen molar-refractivity contribution in [1.82, 2.24) is 9.80 Å². The van der Waals surface area contributed by atoms with Crippen molar-refractivity contribution in [2.75, 3.05) is 39.8 Å². The number of rotatable bonds is 6. The first-order valence-corrected chi connectivity index (χ1v) is 9.06. The second-order valence-corrected chi connectivity index (χ2v) is 6.57. The van der Waals surface area contributed by atoms with Gasteiger partial charge in [0.25, 0.3) is 5.91 Å². The summed E-state index contributed by atoms with van der Waals surface area (Å²) in [6.07, 6.45) is 1.86. The molecule has 2 aromatic carbocycles. The number of amides is 1. The molecule has 0 saturated carbocycles. The quantitative estimate of drug-likeness (QED) is 0.797. The van der Waals surface area contributed by atoms with Crippen LogP contribution < -0.4 is 4.74 Å². The summed E-state index contributed by atoms with van der Waals surface area (Å²) >= 11 is 0. The van der Waals surface area contributed by atoms with E-state index in [1.54, 1.807) is 19.2 Å². The molecule has 1 heterocycles. The molecule has 1 aliphatic heterocycles. The predicted molar refractivity (Wildman–Crippen MR) is 100 cm³/mol. The number of carbonyl (C=O) groups excluding carboxylic acids is 1. The van der Waals surface area contributed by atoms with Crippen LogP contribution in [0.4, 0.5) is 4.39 Å². The molecule has 5 heteroatoms. The third-order valence-corrected chi connectivity index (χ3v) is 4.83. The summed E-state index contributed by atoms with van der Waals surface area (Å²) in [4.78, 5) is 17.0. The topological polar surface area (TPSA) is 32.8 Å². The minimum absolute atomic E-state index is 0.0295. The lowest BCUT2D eigenvalue weighted by molar-refractivity contribution is 0.0633. The molecule has 0 aliphatic carbocycles. The van der Waals surface area contributed by atoms with Crippen LogP contribution in [-0.4, -0.2) is 55.5 Å². The Morgan fingerprint density at radius 3 is 2.58 bits per heavy atom. The van der Waals surface area contributed by atoms with Crippen molar-refractivity contribution >= 4 is 5.91 Å². The standard InChI is InChI=1S/C21H25FN2O2/c1-26-20-10-3-2-9-19(20)21(25)24-14-12-23(13-15-24)11-5-7-17-6-4-8-18(22)16-17/h2-4,6,8-10,16H,5,7,11-15H2,1H3.